The van der Waals surface area contributed by atoms with Gasteiger partial charge in [-0.25, -0.2) is 0 Å². The first-order chi connectivity index (χ1) is 7.70. The molecule has 0 aromatic heterocycles. The normalized spacial score (nSPS) is 20.6. The Bertz CT molecular complexity index is 425. The van der Waals surface area contributed by atoms with Crippen LogP contribution in [0.4, 0.5) is 5.69 Å². The molecule has 1 saturated heterocycles. The van der Waals surface area contributed by atoms with Gasteiger partial charge in [0.1, 0.15) is 6.07 Å². The van der Waals surface area contributed by atoms with Crippen LogP contribution in [-0.2, 0) is 0 Å². The van der Waals surface area contributed by atoms with Crippen LogP contribution < -0.4 is 10.6 Å². The molecule has 2 rings (SSSR count). The minimum absolute atomic E-state index is 0.194. The molecule has 1 atom stereocenters. The Balaban J connectivity index is 2.31. The molecular formula is C12H14ClN3. The molecule has 4 heteroatoms. The van der Waals surface area contributed by atoms with Gasteiger partial charge >= 0.3 is 0 Å². The van der Waals surface area contributed by atoms with Crippen molar-refractivity contribution in [2.75, 3.05) is 18.0 Å². The number of rotatable bonds is 1. The molecule has 3 nitrogen and oxygen atoms in total. The van der Waals surface area contributed by atoms with Crippen LogP contribution in [0.15, 0.2) is 18.2 Å². The molecule has 1 aliphatic heterocycles. The molecule has 0 aliphatic carbocycles. The van der Waals surface area contributed by atoms with Gasteiger partial charge in [0.2, 0.25) is 0 Å². The van der Waals surface area contributed by atoms with Crippen molar-refractivity contribution in [1.82, 2.24) is 0 Å². The van der Waals surface area contributed by atoms with Crippen molar-refractivity contribution in [3.05, 3.63) is 28.8 Å². The number of nitriles is 1. The van der Waals surface area contributed by atoms with Gasteiger partial charge in [-0.3, -0.25) is 0 Å². The topological polar surface area (TPSA) is 53.0 Å². The lowest BCUT2D eigenvalue weighted by Crippen LogP contribution is -2.43. The summed E-state index contributed by atoms with van der Waals surface area (Å²) in [4.78, 5) is 2.15. The Hall–Kier alpha value is -1.24. The van der Waals surface area contributed by atoms with E-state index in [-0.39, 0.29) is 6.04 Å². The second-order valence-corrected chi connectivity index (χ2v) is 4.56. The van der Waals surface area contributed by atoms with Crippen molar-refractivity contribution < 1.29 is 0 Å². The zero-order valence-corrected chi connectivity index (χ0v) is 9.74. The van der Waals surface area contributed by atoms with Crippen LogP contribution in [0.2, 0.25) is 5.02 Å². The molecule has 0 saturated carbocycles. The summed E-state index contributed by atoms with van der Waals surface area (Å²) in [5.74, 6) is 0. The van der Waals surface area contributed by atoms with Crippen molar-refractivity contribution in [1.29, 1.82) is 5.26 Å². The quantitative estimate of drug-likeness (QED) is 0.812. The third-order valence-corrected chi connectivity index (χ3v) is 3.11. The molecule has 0 radical (unpaired) electrons. The third kappa shape index (κ3) is 2.29. The van der Waals surface area contributed by atoms with Crippen LogP contribution in [0.1, 0.15) is 18.4 Å². The van der Waals surface area contributed by atoms with Crippen LogP contribution in [-0.4, -0.2) is 19.1 Å². The van der Waals surface area contributed by atoms with Crippen LogP contribution in [0.25, 0.3) is 0 Å². The standard InChI is InChI=1S/C12H14ClN3/c13-10-4-3-9(7-14)12(6-10)16-5-1-2-11(15)8-16/h3-4,6,11H,1-2,5,8,15H2. The number of nitrogens with two attached hydrogens (primary N) is 1. The highest BCUT2D eigenvalue weighted by atomic mass is 35.5. The Morgan fingerprint density at radius 1 is 1.50 bits per heavy atom. The van der Waals surface area contributed by atoms with Crippen molar-refractivity contribution in [3.63, 3.8) is 0 Å². The average molecular weight is 236 g/mol. The van der Waals surface area contributed by atoms with Gasteiger partial charge in [-0.05, 0) is 31.0 Å². The minimum atomic E-state index is 0.194. The summed E-state index contributed by atoms with van der Waals surface area (Å²) in [6.07, 6.45) is 2.12. The predicted octanol–water partition coefficient (Wildman–Crippen LogP) is 2.14. The number of benzene rings is 1. The summed E-state index contributed by atoms with van der Waals surface area (Å²) in [7, 11) is 0. The van der Waals surface area contributed by atoms with Crippen molar-refractivity contribution >= 4 is 17.3 Å². The van der Waals surface area contributed by atoms with E-state index >= 15 is 0 Å². The first-order valence-corrected chi connectivity index (χ1v) is 5.78. The van der Waals surface area contributed by atoms with Gasteiger partial charge in [0.15, 0.2) is 0 Å². The van der Waals surface area contributed by atoms with Crippen LogP contribution in [0.3, 0.4) is 0 Å². The van der Waals surface area contributed by atoms with Crippen molar-refractivity contribution in [2.24, 2.45) is 5.73 Å². The van der Waals surface area contributed by atoms with E-state index in [0.29, 0.717) is 10.6 Å². The van der Waals surface area contributed by atoms with Gasteiger partial charge < -0.3 is 10.6 Å². The van der Waals surface area contributed by atoms with E-state index in [9.17, 15) is 0 Å². The zero-order valence-electron chi connectivity index (χ0n) is 8.99. The Labute approximate surface area is 100 Å². The molecule has 0 bridgehead atoms. The molecule has 0 spiro atoms. The molecule has 1 aliphatic rings. The minimum Gasteiger partial charge on any atom is -0.369 e. The maximum Gasteiger partial charge on any atom is 0.101 e. The van der Waals surface area contributed by atoms with E-state index in [1.54, 1.807) is 12.1 Å². The lowest BCUT2D eigenvalue weighted by Gasteiger charge is -2.33. The number of nitrogens with zero attached hydrogens (tertiary/aromatic N) is 2. The van der Waals surface area contributed by atoms with Crippen LogP contribution >= 0.6 is 11.6 Å². The first-order valence-electron chi connectivity index (χ1n) is 5.41. The Morgan fingerprint density at radius 3 is 3.00 bits per heavy atom. The predicted molar refractivity (Wildman–Crippen MR) is 65.6 cm³/mol. The van der Waals surface area contributed by atoms with E-state index in [2.05, 4.69) is 11.0 Å². The van der Waals surface area contributed by atoms with Crippen molar-refractivity contribution in [3.8, 4) is 6.07 Å². The highest BCUT2D eigenvalue weighted by Gasteiger charge is 2.19. The van der Waals surface area contributed by atoms with Gasteiger partial charge in [-0.15, -0.1) is 0 Å². The zero-order chi connectivity index (χ0) is 11.5. The third-order valence-electron chi connectivity index (χ3n) is 2.88. The fraction of sp³-hybridized carbons (Fsp3) is 0.417. The maximum absolute atomic E-state index is 9.05. The molecule has 84 valence electrons. The molecule has 2 N–H and O–H groups in total. The fourth-order valence-electron chi connectivity index (χ4n) is 2.09. The van der Waals surface area contributed by atoms with E-state index in [4.69, 9.17) is 22.6 Å². The van der Waals surface area contributed by atoms with Gasteiger partial charge in [-0.2, -0.15) is 5.26 Å². The van der Waals surface area contributed by atoms with Gasteiger partial charge in [-0.1, -0.05) is 11.6 Å². The highest BCUT2D eigenvalue weighted by molar-refractivity contribution is 6.30. The number of halogens is 1. The van der Waals surface area contributed by atoms with E-state index in [1.807, 2.05) is 6.07 Å². The lowest BCUT2D eigenvalue weighted by atomic mass is 10.0. The molecule has 1 heterocycles. The summed E-state index contributed by atoms with van der Waals surface area (Å²) in [6, 6.07) is 7.74. The average Bonchev–Trinajstić information content (AvgIpc) is 2.29. The summed E-state index contributed by atoms with van der Waals surface area (Å²) < 4.78 is 0. The lowest BCUT2D eigenvalue weighted by molar-refractivity contribution is 0.506. The fourth-order valence-corrected chi connectivity index (χ4v) is 2.26. The molecule has 0 amide bonds. The molecule has 1 aromatic rings. The number of hydrogen-bond donors (Lipinski definition) is 1. The Kier molecular flexibility index (Phi) is 3.33. The summed E-state index contributed by atoms with van der Waals surface area (Å²) >= 11 is 5.96. The molecule has 16 heavy (non-hydrogen) atoms. The molecule has 1 aromatic carbocycles. The molecular weight excluding hydrogens is 222 g/mol. The number of piperidine rings is 1. The SMILES string of the molecule is N#Cc1ccc(Cl)cc1N1CCCC(N)C1. The highest BCUT2D eigenvalue weighted by Crippen LogP contribution is 2.26. The number of anilines is 1. The monoisotopic (exact) mass is 235 g/mol. The smallest absolute Gasteiger partial charge is 0.101 e. The first kappa shape index (κ1) is 11.3. The summed E-state index contributed by atoms with van der Waals surface area (Å²) in [5, 5.41) is 9.72. The van der Waals surface area contributed by atoms with E-state index in [1.165, 1.54) is 0 Å². The van der Waals surface area contributed by atoms with E-state index < -0.39 is 0 Å². The second kappa shape index (κ2) is 4.73. The Morgan fingerprint density at radius 2 is 2.31 bits per heavy atom. The number of hydrogen-bond acceptors (Lipinski definition) is 3. The summed E-state index contributed by atoms with van der Waals surface area (Å²) in [6.45, 7) is 1.75. The van der Waals surface area contributed by atoms with Crippen molar-refractivity contribution in [2.45, 2.75) is 18.9 Å². The maximum atomic E-state index is 9.05. The molecule has 1 unspecified atom stereocenters. The second-order valence-electron chi connectivity index (χ2n) is 4.12. The largest absolute Gasteiger partial charge is 0.369 e. The van der Waals surface area contributed by atoms with Crippen LogP contribution in [0, 0.1) is 11.3 Å². The van der Waals surface area contributed by atoms with Gasteiger partial charge in [0.05, 0.1) is 11.3 Å². The molecule has 1 fully saturated rings. The van der Waals surface area contributed by atoms with Gasteiger partial charge in [0.25, 0.3) is 0 Å². The van der Waals surface area contributed by atoms with Gasteiger partial charge in [0, 0.05) is 24.2 Å². The van der Waals surface area contributed by atoms with E-state index in [0.717, 1.165) is 31.6 Å². The summed E-state index contributed by atoms with van der Waals surface area (Å²) in [5.41, 5.74) is 7.51. The van der Waals surface area contributed by atoms with Crippen LogP contribution in [0.5, 0.6) is 0 Å².